The Balaban J connectivity index is 1.74. The van der Waals surface area contributed by atoms with Crippen molar-refractivity contribution >= 4 is 22.9 Å². The number of halogens is 1. The molecule has 1 N–H and O–H groups in total. The van der Waals surface area contributed by atoms with Gasteiger partial charge in [-0.05, 0) is 49.9 Å². The Bertz CT molecular complexity index is 917. The number of anilines is 1. The molecule has 0 saturated heterocycles. The SMILES string of the molecule is Cc1ccsc1C(=O)Nc1c(C)nn(COc2cccc(F)c2)c1C. The van der Waals surface area contributed by atoms with Gasteiger partial charge in [-0.3, -0.25) is 4.79 Å². The van der Waals surface area contributed by atoms with E-state index in [2.05, 4.69) is 10.4 Å². The number of carbonyl (C=O) groups is 1. The fourth-order valence-electron chi connectivity index (χ4n) is 2.47. The fourth-order valence-corrected chi connectivity index (χ4v) is 3.29. The van der Waals surface area contributed by atoms with Crippen molar-refractivity contribution in [3.8, 4) is 5.75 Å². The predicted octanol–water partition coefficient (Wildman–Crippen LogP) is 4.30. The van der Waals surface area contributed by atoms with E-state index in [1.165, 1.54) is 23.5 Å². The molecule has 25 heavy (non-hydrogen) atoms. The number of aromatic nitrogens is 2. The first-order valence-electron chi connectivity index (χ1n) is 7.73. The van der Waals surface area contributed by atoms with Gasteiger partial charge in [-0.15, -0.1) is 11.3 Å². The average Bonchev–Trinajstić information content (AvgIpc) is 3.11. The van der Waals surface area contributed by atoms with E-state index in [-0.39, 0.29) is 18.5 Å². The number of nitrogens with zero attached hydrogens (tertiary/aromatic N) is 2. The number of hydrogen-bond acceptors (Lipinski definition) is 4. The molecule has 3 rings (SSSR count). The molecule has 1 aromatic carbocycles. The van der Waals surface area contributed by atoms with Gasteiger partial charge in [0, 0.05) is 6.07 Å². The Kier molecular flexibility index (Phi) is 4.85. The highest BCUT2D eigenvalue weighted by atomic mass is 32.1. The second kappa shape index (κ2) is 7.06. The summed E-state index contributed by atoms with van der Waals surface area (Å²) < 4.78 is 20.4. The maximum absolute atomic E-state index is 13.2. The lowest BCUT2D eigenvalue weighted by Crippen LogP contribution is -2.13. The van der Waals surface area contributed by atoms with Gasteiger partial charge in [0.25, 0.3) is 5.91 Å². The molecule has 3 aromatic rings. The first-order valence-corrected chi connectivity index (χ1v) is 8.61. The number of benzene rings is 1. The van der Waals surface area contributed by atoms with E-state index < -0.39 is 0 Å². The highest BCUT2D eigenvalue weighted by Gasteiger charge is 2.17. The molecule has 2 heterocycles. The van der Waals surface area contributed by atoms with Crippen LogP contribution in [-0.2, 0) is 6.73 Å². The molecule has 0 unspecified atom stereocenters. The van der Waals surface area contributed by atoms with Crippen LogP contribution in [0.25, 0.3) is 0 Å². The van der Waals surface area contributed by atoms with Gasteiger partial charge in [0.05, 0.1) is 22.0 Å². The number of amides is 1. The fraction of sp³-hybridized carbons (Fsp3) is 0.222. The molecule has 1 amide bonds. The van der Waals surface area contributed by atoms with E-state index >= 15 is 0 Å². The summed E-state index contributed by atoms with van der Waals surface area (Å²) in [5.74, 6) is -0.0817. The second-order valence-corrected chi connectivity index (χ2v) is 6.58. The van der Waals surface area contributed by atoms with Crippen molar-refractivity contribution in [2.45, 2.75) is 27.5 Å². The molecule has 7 heteroatoms. The molecule has 2 aromatic heterocycles. The Hall–Kier alpha value is -2.67. The van der Waals surface area contributed by atoms with Crippen LogP contribution in [0.1, 0.15) is 26.6 Å². The van der Waals surface area contributed by atoms with E-state index in [0.717, 1.165) is 11.3 Å². The molecule has 0 aliphatic heterocycles. The van der Waals surface area contributed by atoms with Gasteiger partial charge < -0.3 is 10.1 Å². The third-order valence-electron chi connectivity index (χ3n) is 3.84. The van der Waals surface area contributed by atoms with Crippen molar-refractivity contribution in [1.29, 1.82) is 0 Å². The van der Waals surface area contributed by atoms with Crippen molar-refractivity contribution < 1.29 is 13.9 Å². The van der Waals surface area contributed by atoms with E-state index in [1.54, 1.807) is 16.8 Å². The highest BCUT2D eigenvalue weighted by Crippen LogP contribution is 2.23. The lowest BCUT2D eigenvalue weighted by molar-refractivity contribution is 0.102. The van der Waals surface area contributed by atoms with Crippen LogP contribution in [-0.4, -0.2) is 15.7 Å². The van der Waals surface area contributed by atoms with Crippen LogP contribution in [0.3, 0.4) is 0 Å². The van der Waals surface area contributed by atoms with Crippen LogP contribution < -0.4 is 10.1 Å². The van der Waals surface area contributed by atoms with Gasteiger partial charge in [0.2, 0.25) is 0 Å². The monoisotopic (exact) mass is 359 g/mol. The third kappa shape index (κ3) is 3.71. The molecule has 0 spiro atoms. The molecule has 5 nitrogen and oxygen atoms in total. The quantitative estimate of drug-likeness (QED) is 0.739. The number of carbonyl (C=O) groups excluding carboxylic acids is 1. The Morgan fingerprint density at radius 1 is 1.32 bits per heavy atom. The normalized spacial score (nSPS) is 10.7. The maximum atomic E-state index is 13.2. The molecule has 0 bridgehead atoms. The van der Waals surface area contributed by atoms with Gasteiger partial charge in [-0.1, -0.05) is 6.07 Å². The van der Waals surface area contributed by atoms with E-state index in [4.69, 9.17) is 4.74 Å². The smallest absolute Gasteiger partial charge is 0.266 e. The molecule has 0 aliphatic carbocycles. The summed E-state index contributed by atoms with van der Waals surface area (Å²) in [6.45, 7) is 5.71. The average molecular weight is 359 g/mol. The molecule has 130 valence electrons. The van der Waals surface area contributed by atoms with Gasteiger partial charge in [-0.2, -0.15) is 5.10 Å². The van der Waals surface area contributed by atoms with Gasteiger partial charge >= 0.3 is 0 Å². The zero-order valence-electron chi connectivity index (χ0n) is 14.2. The number of nitrogens with one attached hydrogen (secondary N) is 1. The zero-order chi connectivity index (χ0) is 18.0. The third-order valence-corrected chi connectivity index (χ3v) is 4.85. The zero-order valence-corrected chi connectivity index (χ0v) is 15.0. The predicted molar refractivity (Wildman–Crippen MR) is 95.7 cm³/mol. The van der Waals surface area contributed by atoms with Crippen LogP contribution >= 0.6 is 11.3 Å². The van der Waals surface area contributed by atoms with Crippen molar-refractivity contribution in [2.75, 3.05) is 5.32 Å². The van der Waals surface area contributed by atoms with Crippen molar-refractivity contribution in [3.63, 3.8) is 0 Å². The number of hydrogen-bond donors (Lipinski definition) is 1. The summed E-state index contributed by atoms with van der Waals surface area (Å²) in [5, 5.41) is 9.20. The molecule has 0 radical (unpaired) electrons. The van der Waals surface area contributed by atoms with E-state index in [1.807, 2.05) is 32.2 Å². The molecule has 0 fully saturated rings. The second-order valence-electron chi connectivity index (χ2n) is 5.66. The summed E-state index contributed by atoms with van der Waals surface area (Å²) in [6.07, 6.45) is 0. The summed E-state index contributed by atoms with van der Waals surface area (Å²) in [5.41, 5.74) is 3.08. The Morgan fingerprint density at radius 3 is 2.80 bits per heavy atom. The summed E-state index contributed by atoms with van der Waals surface area (Å²) in [4.78, 5) is 13.1. The first-order chi connectivity index (χ1) is 12.0. The van der Waals surface area contributed by atoms with Crippen LogP contribution in [0.4, 0.5) is 10.1 Å². The molecule has 0 aliphatic rings. The summed E-state index contributed by atoms with van der Waals surface area (Å²) in [7, 11) is 0. The number of rotatable bonds is 5. The van der Waals surface area contributed by atoms with Crippen molar-refractivity contribution in [3.05, 3.63) is 63.4 Å². The Labute approximate surface area is 149 Å². The molecule has 0 atom stereocenters. The molecule has 0 saturated carbocycles. The van der Waals surface area contributed by atoms with E-state index in [0.29, 0.717) is 22.0 Å². The summed E-state index contributed by atoms with van der Waals surface area (Å²) >= 11 is 1.40. The lowest BCUT2D eigenvalue weighted by atomic mass is 10.2. The minimum Gasteiger partial charge on any atom is -0.471 e. The maximum Gasteiger partial charge on any atom is 0.266 e. The number of thiophene rings is 1. The highest BCUT2D eigenvalue weighted by molar-refractivity contribution is 7.12. The van der Waals surface area contributed by atoms with Crippen LogP contribution in [0.5, 0.6) is 5.75 Å². The van der Waals surface area contributed by atoms with Gasteiger partial charge in [0.15, 0.2) is 6.73 Å². The first kappa shape index (κ1) is 17.2. The molecular formula is C18H18FN3O2S. The molecular weight excluding hydrogens is 341 g/mol. The van der Waals surface area contributed by atoms with Crippen LogP contribution in [0.2, 0.25) is 0 Å². The van der Waals surface area contributed by atoms with Crippen molar-refractivity contribution in [1.82, 2.24) is 9.78 Å². The largest absolute Gasteiger partial charge is 0.471 e. The standard InChI is InChI=1S/C18H18FN3O2S/c1-11-7-8-25-17(11)18(23)20-16-12(2)21-22(13(16)3)10-24-15-6-4-5-14(19)9-15/h4-9H,10H2,1-3H3,(H,20,23). The summed E-state index contributed by atoms with van der Waals surface area (Å²) in [6, 6.07) is 7.85. The van der Waals surface area contributed by atoms with Gasteiger partial charge in [0.1, 0.15) is 11.6 Å². The van der Waals surface area contributed by atoms with Crippen LogP contribution in [0.15, 0.2) is 35.7 Å². The Morgan fingerprint density at radius 2 is 2.12 bits per heavy atom. The lowest BCUT2D eigenvalue weighted by Gasteiger charge is -2.09. The van der Waals surface area contributed by atoms with E-state index in [9.17, 15) is 9.18 Å². The number of ether oxygens (including phenoxy) is 1. The minimum atomic E-state index is -0.356. The van der Waals surface area contributed by atoms with Gasteiger partial charge in [-0.25, -0.2) is 9.07 Å². The van der Waals surface area contributed by atoms with Crippen LogP contribution in [0, 0.1) is 26.6 Å². The number of aryl methyl sites for hydroxylation is 2. The minimum absolute atomic E-state index is 0.129. The topological polar surface area (TPSA) is 56.2 Å². The van der Waals surface area contributed by atoms with Crippen molar-refractivity contribution in [2.24, 2.45) is 0 Å².